The van der Waals surface area contributed by atoms with Gasteiger partial charge in [-0.25, -0.2) is 4.39 Å². The van der Waals surface area contributed by atoms with Crippen LogP contribution in [0.15, 0.2) is 72.2 Å². The number of halogens is 3. The van der Waals surface area contributed by atoms with Gasteiger partial charge < -0.3 is 19.5 Å². The number of nitrogens with zero attached hydrogens (tertiary/aromatic N) is 6. The Morgan fingerprint density at radius 1 is 1.00 bits per heavy atom. The first-order chi connectivity index (χ1) is 19.4. The minimum Gasteiger partial charge on any atom is -0.415 e. The molecule has 0 saturated carbocycles. The van der Waals surface area contributed by atoms with E-state index < -0.39 is 12.3 Å². The molecule has 3 aromatic heterocycles. The lowest BCUT2D eigenvalue weighted by Crippen LogP contribution is -2.21. The van der Waals surface area contributed by atoms with E-state index in [0.29, 0.717) is 29.1 Å². The summed E-state index contributed by atoms with van der Waals surface area (Å²) in [6.07, 6.45) is 7.66. The second-order valence-corrected chi connectivity index (χ2v) is 9.36. The van der Waals surface area contributed by atoms with Gasteiger partial charge in [0.25, 0.3) is 5.89 Å². The largest absolute Gasteiger partial charge is 0.415 e. The summed E-state index contributed by atoms with van der Waals surface area (Å²) in [6.45, 7) is 6.67. The predicted octanol–water partition coefficient (Wildman–Crippen LogP) is 6.25. The van der Waals surface area contributed by atoms with Gasteiger partial charge in [-0.2, -0.15) is 8.78 Å². The number of pyridine rings is 2. The monoisotopic (exact) mass is 551 g/mol. The summed E-state index contributed by atoms with van der Waals surface area (Å²) in [5.41, 5.74) is 3.63. The van der Waals surface area contributed by atoms with E-state index in [0.717, 1.165) is 11.3 Å². The number of anilines is 2. The molecule has 1 fully saturated rings. The maximum Gasteiger partial charge on any atom is 0.314 e. The van der Waals surface area contributed by atoms with Crippen LogP contribution in [-0.4, -0.2) is 47.4 Å². The number of rotatable bonds is 8. The molecule has 40 heavy (non-hydrogen) atoms. The molecular formula is C29H32F3N7O. The molecular weight excluding hydrogens is 519 g/mol. The summed E-state index contributed by atoms with van der Waals surface area (Å²) >= 11 is 0. The smallest absolute Gasteiger partial charge is 0.314 e. The molecule has 210 valence electrons. The van der Waals surface area contributed by atoms with Gasteiger partial charge in [-0.1, -0.05) is 13.0 Å². The van der Waals surface area contributed by atoms with E-state index in [-0.39, 0.29) is 11.7 Å². The summed E-state index contributed by atoms with van der Waals surface area (Å²) in [5.74, 6) is -1.17. The van der Waals surface area contributed by atoms with E-state index in [1.165, 1.54) is 44.6 Å². The highest BCUT2D eigenvalue weighted by Gasteiger charge is 2.19. The molecule has 0 spiro atoms. The Hall–Kier alpha value is -4.25. The third kappa shape index (κ3) is 7.23. The van der Waals surface area contributed by atoms with Crippen molar-refractivity contribution >= 4 is 11.4 Å². The third-order valence-electron chi connectivity index (χ3n) is 6.31. The molecule has 4 heterocycles. The number of aromatic nitrogens is 4. The quantitative estimate of drug-likeness (QED) is 0.275. The van der Waals surface area contributed by atoms with Crippen molar-refractivity contribution in [2.45, 2.75) is 32.2 Å². The van der Waals surface area contributed by atoms with Crippen molar-refractivity contribution in [2.75, 3.05) is 37.0 Å². The molecule has 1 aromatic carbocycles. The Kier molecular flexibility index (Phi) is 9.85. The summed E-state index contributed by atoms with van der Waals surface area (Å²) in [6, 6.07) is 10.1. The molecule has 8 nitrogen and oxygen atoms in total. The topological polar surface area (TPSA) is 83.2 Å². The van der Waals surface area contributed by atoms with Crippen molar-refractivity contribution in [1.29, 1.82) is 0 Å². The molecule has 0 radical (unpaired) electrons. The Morgan fingerprint density at radius 2 is 1.75 bits per heavy atom. The van der Waals surface area contributed by atoms with E-state index in [1.807, 2.05) is 19.0 Å². The fourth-order valence-electron chi connectivity index (χ4n) is 4.20. The molecule has 4 aromatic rings. The molecule has 0 atom stereocenters. The van der Waals surface area contributed by atoms with Crippen molar-refractivity contribution in [1.82, 2.24) is 25.5 Å². The van der Waals surface area contributed by atoms with E-state index in [9.17, 15) is 8.78 Å². The van der Waals surface area contributed by atoms with Crippen molar-refractivity contribution in [2.24, 2.45) is 0 Å². The van der Waals surface area contributed by atoms with Gasteiger partial charge in [-0.05, 0) is 68.0 Å². The Balaban J connectivity index is 0.000000546. The number of nitrogens with one attached hydrogen (secondary N) is 1. The van der Waals surface area contributed by atoms with Gasteiger partial charge in [0, 0.05) is 44.3 Å². The zero-order valence-electron chi connectivity index (χ0n) is 22.5. The number of hydrogen-bond acceptors (Lipinski definition) is 8. The van der Waals surface area contributed by atoms with Gasteiger partial charge in [-0.3, -0.25) is 9.97 Å². The molecule has 0 unspecified atom stereocenters. The Bertz CT molecular complexity index is 1360. The zero-order valence-corrected chi connectivity index (χ0v) is 22.5. The minimum absolute atomic E-state index is 0.0430. The highest BCUT2D eigenvalue weighted by atomic mass is 19.3. The SMILES string of the molecule is C1CCNCC1.C=CN(Cc1ccc(-c2nnc(C(F)F)o2)cn1)c1cc(F)c(-c2ccncc2)cc1N(C)C. The third-order valence-corrected chi connectivity index (χ3v) is 6.31. The fourth-order valence-corrected chi connectivity index (χ4v) is 4.20. The number of alkyl halides is 2. The average molecular weight is 552 g/mol. The number of hydrogen-bond donors (Lipinski definition) is 1. The summed E-state index contributed by atoms with van der Waals surface area (Å²) in [7, 11) is 3.75. The number of benzene rings is 1. The highest BCUT2D eigenvalue weighted by molar-refractivity contribution is 5.79. The van der Waals surface area contributed by atoms with E-state index in [1.54, 1.807) is 53.8 Å². The normalized spacial score (nSPS) is 12.9. The van der Waals surface area contributed by atoms with Crippen LogP contribution in [0.5, 0.6) is 0 Å². The van der Waals surface area contributed by atoms with Crippen LogP contribution >= 0.6 is 0 Å². The van der Waals surface area contributed by atoms with Gasteiger partial charge >= 0.3 is 6.43 Å². The zero-order chi connectivity index (χ0) is 28.5. The maximum atomic E-state index is 15.1. The van der Waals surface area contributed by atoms with Crippen LogP contribution in [0.1, 0.15) is 37.3 Å². The van der Waals surface area contributed by atoms with Gasteiger partial charge in [0.05, 0.1) is 29.2 Å². The van der Waals surface area contributed by atoms with Gasteiger partial charge in [0.1, 0.15) is 5.82 Å². The lowest BCUT2D eigenvalue weighted by Gasteiger charge is -2.27. The van der Waals surface area contributed by atoms with Gasteiger partial charge in [0.15, 0.2) is 0 Å². The Labute approximate surface area is 231 Å². The van der Waals surface area contributed by atoms with E-state index >= 15 is 4.39 Å². The molecule has 0 amide bonds. The number of piperidine rings is 1. The minimum atomic E-state index is -2.84. The summed E-state index contributed by atoms with van der Waals surface area (Å²) < 4.78 is 45.4. The molecule has 1 aliphatic heterocycles. The van der Waals surface area contributed by atoms with Crippen LogP contribution in [0.25, 0.3) is 22.6 Å². The molecule has 5 rings (SSSR count). The van der Waals surface area contributed by atoms with Crippen molar-refractivity contribution < 1.29 is 17.6 Å². The van der Waals surface area contributed by atoms with Crippen LogP contribution in [0.4, 0.5) is 24.5 Å². The summed E-state index contributed by atoms with van der Waals surface area (Å²) in [5, 5.41) is 10.2. The molecule has 0 aliphatic carbocycles. The molecule has 1 saturated heterocycles. The fraction of sp³-hybridized carbons (Fsp3) is 0.310. The summed E-state index contributed by atoms with van der Waals surface area (Å²) in [4.78, 5) is 12.0. The van der Waals surface area contributed by atoms with E-state index in [2.05, 4.69) is 32.1 Å². The van der Waals surface area contributed by atoms with E-state index in [4.69, 9.17) is 4.42 Å². The van der Waals surface area contributed by atoms with Crippen LogP contribution in [0.3, 0.4) is 0 Å². The first-order valence-electron chi connectivity index (χ1n) is 13.0. The van der Waals surface area contributed by atoms with Crippen LogP contribution < -0.4 is 15.1 Å². The lowest BCUT2D eigenvalue weighted by molar-refractivity contribution is 0.116. The second kappa shape index (κ2) is 13.7. The predicted molar refractivity (Wildman–Crippen MR) is 150 cm³/mol. The van der Waals surface area contributed by atoms with Crippen molar-refractivity contribution in [3.05, 3.63) is 85.2 Å². The van der Waals surface area contributed by atoms with Gasteiger partial charge in [0.2, 0.25) is 5.89 Å². The van der Waals surface area contributed by atoms with Crippen LogP contribution in [0, 0.1) is 5.82 Å². The molecule has 1 N–H and O–H groups in total. The first-order valence-corrected chi connectivity index (χ1v) is 13.0. The maximum absolute atomic E-state index is 15.1. The van der Waals surface area contributed by atoms with Gasteiger partial charge in [-0.15, -0.1) is 10.2 Å². The highest BCUT2D eigenvalue weighted by Crippen LogP contribution is 2.36. The average Bonchev–Trinajstić information content (AvgIpc) is 3.49. The lowest BCUT2D eigenvalue weighted by atomic mass is 10.0. The molecule has 11 heteroatoms. The van der Waals surface area contributed by atoms with Crippen LogP contribution in [0.2, 0.25) is 0 Å². The van der Waals surface area contributed by atoms with Crippen LogP contribution in [-0.2, 0) is 6.54 Å². The van der Waals surface area contributed by atoms with Crippen molar-refractivity contribution in [3.63, 3.8) is 0 Å². The van der Waals surface area contributed by atoms with Crippen molar-refractivity contribution in [3.8, 4) is 22.6 Å². The molecule has 0 bridgehead atoms. The standard InChI is InChI=1S/C24H21F3N6O.C5H11N/c1-4-33(14-17-6-5-16(13-29-17)23-30-31-24(34-23)22(26)27)21-12-19(25)18(11-20(21)32(2)3)15-7-9-28-10-8-15;1-2-4-6-5-3-1/h4-13,22H,1,14H2,2-3H3;6H,1-5H2. The molecule has 1 aliphatic rings. The Morgan fingerprint density at radius 3 is 2.27 bits per heavy atom. The second-order valence-electron chi connectivity index (χ2n) is 9.36. The first kappa shape index (κ1) is 28.8.